The van der Waals surface area contributed by atoms with Gasteiger partial charge in [0.2, 0.25) is 6.41 Å². The third kappa shape index (κ3) is 7.96. The number of ether oxygens (including phenoxy) is 2. The summed E-state index contributed by atoms with van der Waals surface area (Å²) >= 11 is 0. The monoisotopic (exact) mass is 609 g/mol. The number of nitrogens with one attached hydrogen (secondary N) is 1. The summed E-state index contributed by atoms with van der Waals surface area (Å²) in [6.07, 6.45) is -9.01. The van der Waals surface area contributed by atoms with Crippen molar-refractivity contribution in [1.29, 1.82) is 0 Å². The molecule has 4 rings (SSSR count). The van der Waals surface area contributed by atoms with E-state index >= 15 is 0 Å². The van der Waals surface area contributed by atoms with Gasteiger partial charge in [0.1, 0.15) is 11.5 Å². The molecule has 0 bridgehead atoms. The van der Waals surface area contributed by atoms with E-state index in [1.54, 1.807) is 6.92 Å². The minimum atomic E-state index is -4.84. The third-order valence-corrected chi connectivity index (χ3v) is 6.65. The van der Waals surface area contributed by atoms with Gasteiger partial charge >= 0.3 is 12.5 Å². The van der Waals surface area contributed by atoms with Crippen LogP contribution in [0.4, 0.5) is 32.0 Å². The largest absolute Gasteiger partial charge is 0.573 e. The number of nitrogens with zero attached hydrogens (tertiary/aromatic N) is 2. The van der Waals surface area contributed by atoms with E-state index < -0.39 is 48.3 Å². The Hall–Kier alpha value is -4.75. The number of amides is 3. The van der Waals surface area contributed by atoms with Crippen molar-refractivity contribution >= 4 is 23.9 Å². The zero-order chi connectivity index (χ0) is 31.4. The standard InChI is InChI=1S/C29H25F6N3O5/c1-18-15-37(26(40)16-42-22-6-8-23(9-7-22)43-29(33,34)35)11-12-38(18)27(41)24-14-20(5-10-25(24)36-17-39)19-3-2-4-21(13-19)28(30,31)32/h2-10,13-14,17-18H,11-12,15-16H2,1H3,(H,36,39). The highest BCUT2D eigenvalue weighted by atomic mass is 19.4. The number of rotatable bonds is 8. The van der Waals surface area contributed by atoms with Gasteiger partial charge in [0, 0.05) is 25.7 Å². The smallest absolute Gasteiger partial charge is 0.484 e. The Balaban J connectivity index is 1.43. The topological polar surface area (TPSA) is 88.2 Å². The van der Waals surface area contributed by atoms with Gasteiger partial charge in [0.05, 0.1) is 16.8 Å². The predicted octanol–water partition coefficient (Wildman–Crippen LogP) is 5.59. The van der Waals surface area contributed by atoms with Crippen LogP contribution in [0.5, 0.6) is 11.5 Å². The fraction of sp³-hybridized carbons (Fsp3) is 0.276. The number of anilines is 1. The van der Waals surface area contributed by atoms with E-state index in [9.17, 15) is 40.7 Å². The normalized spacial score (nSPS) is 15.6. The number of piperazine rings is 1. The number of carbonyl (C=O) groups excluding carboxylic acids is 3. The average molecular weight is 610 g/mol. The highest BCUT2D eigenvalue weighted by Crippen LogP contribution is 2.34. The van der Waals surface area contributed by atoms with Gasteiger partial charge in [-0.2, -0.15) is 13.2 Å². The maximum absolute atomic E-state index is 13.6. The summed E-state index contributed by atoms with van der Waals surface area (Å²) in [4.78, 5) is 40.5. The zero-order valence-electron chi connectivity index (χ0n) is 22.5. The summed E-state index contributed by atoms with van der Waals surface area (Å²) in [6.45, 7) is 1.70. The first-order valence-corrected chi connectivity index (χ1v) is 12.8. The van der Waals surface area contributed by atoms with Gasteiger partial charge in [-0.3, -0.25) is 14.4 Å². The molecule has 1 fully saturated rings. The van der Waals surface area contributed by atoms with Gasteiger partial charge in [-0.05, 0) is 66.6 Å². The zero-order valence-corrected chi connectivity index (χ0v) is 22.5. The fourth-order valence-electron chi connectivity index (χ4n) is 4.58. The summed E-state index contributed by atoms with van der Waals surface area (Å²) < 4.78 is 85.9. The minimum absolute atomic E-state index is 0.0647. The van der Waals surface area contributed by atoms with Gasteiger partial charge < -0.3 is 24.6 Å². The Morgan fingerprint density at radius 2 is 1.60 bits per heavy atom. The third-order valence-electron chi connectivity index (χ3n) is 6.65. The Labute approximate surface area is 241 Å². The van der Waals surface area contributed by atoms with Crippen LogP contribution < -0.4 is 14.8 Å². The lowest BCUT2D eigenvalue weighted by Gasteiger charge is -2.40. The van der Waals surface area contributed by atoms with Crippen LogP contribution >= 0.6 is 0 Å². The summed E-state index contributed by atoms with van der Waals surface area (Å²) in [6, 6.07) is 13.1. The summed E-state index contributed by atoms with van der Waals surface area (Å²) in [5.41, 5.74) is -0.0507. The van der Waals surface area contributed by atoms with E-state index in [-0.39, 0.29) is 42.2 Å². The van der Waals surface area contributed by atoms with Gasteiger partial charge in [-0.1, -0.05) is 18.2 Å². The molecule has 0 aliphatic carbocycles. The second-order valence-corrected chi connectivity index (χ2v) is 9.60. The summed E-state index contributed by atoms with van der Waals surface area (Å²) in [7, 11) is 0. The molecule has 1 aliphatic rings. The van der Waals surface area contributed by atoms with Crippen molar-refractivity contribution in [1.82, 2.24) is 9.80 Å². The molecule has 0 spiro atoms. The van der Waals surface area contributed by atoms with Crippen molar-refractivity contribution in [2.75, 3.05) is 31.6 Å². The van der Waals surface area contributed by atoms with E-state index in [1.165, 1.54) is 52.3 Å². The van der Waals surface area contributed by atoms with E-state index in [0.29, 0.717) is 12.0 Å². The predicted molar refractivity (Wildman–Crippen MR) is 142 cm³/mol. The number of benzene rings is 3. The van der Waals surface area contributed by atoms with Gasteiger partial charge in [0.15, 0.2) is 6.61 Å². The highest BCUT2D eigenvalue weighted by Gasteiger charge is 2.33. The molecule has 1 saturated heterocycles. The maximum Gasteiger partial charge on any atom is 0.573 e. The molecule has 3 aromatic rings. The Bertz CT molecular complexity index is 1480. The molecule has 1 unspecified atom stereocenters. The number of hydrogen-bond donors (Lipinski definition) is 1. The first-order chi connectivity index (χ1) is 20.2. The molecule has 3 amide bonds. The Morgan fingerprint density at radius 3 is 2.23 bits per heavy atom. The quantitative estimate of drug-likeness (QED) is 0.266. The van der Waals surface area contributed by atoms with Crippen LogP contribution in [0.1, 0.15) is 22.8 Å². The lowest BCUT2D eigenvalue weighted by atomic mass is 9.98. The SMILES string of the molecule is CC1CN(C(=O)COc2ccc(OC(F)(F)F)cc2)CCN1C(=O)c1cc(-c2cccc(C(F)(F)F)c2)ccc1NC=O. The molecular weight excluding hydrogens is 584 g/mol. The van der Waals surface area contributed by atoms with Gasteiger partial charge in [0.25, 0.3) is 11.8 Å². The molecule has 1 heterocycles. The van der Waals surface area contributed by atoms with Crippen LogP contribution in [0.15, 0.2) is 66.7 Å². The molecule has 228 valence electrons. The molecule has 1 N–H and O–H groups in total. The number of carbonyl (C=O) groups is 3. The lowest BCUT2D eigenvalue weighted by Crippen LogP contribution is -2.56. The first kappa shape index (κ1) is 31.2. The number of hydrogen-bond acceptors (Lipinski definition) is 5. The van der Waals surface area contributed by atoms with Crippen LogP contribution in [0, 0.1) is 0 Å². The minimum Gasteiger partial charge on any atom is -0.484 e. The maximum atomic E-state index is 13.6. The highest BCUT2D eigenvalue weighted by molar-refractivity contribution is 6.02. The molecule has 1 aliphatic heterocycles. The van der Waals surface area contributed by atoms with Crippen molar-refractivity contribution in [2.45, 2.75) is 25.5 Å². The molecule has 43 heavy (non-hydrogen) atoms. The molecule has 8 nitrogen and oxygen atoms in total. The van der Waals surface area contributed by atoms with Crippen molar-refractivity contribution in [3.63, 3.8) is 0 Å². The Kier molecular flexibility index (Phi) is 9.16. The average Bonchev–Trinajstić information content (AvgIpc) is 2.95. The van der Waals surface area contributed by atoms with E-state index in [1.807, 2.05) is 0 Å². The van der Waals surface area contributed by atoms with E-state index in [2.05, 4.69) is 10.1 Å². The number of halogens is 6. The van der Waals surface area contributed by atoms with Crippen molar-refractivity contribution in [3.8, 4) is 22.6 Å². The summed E-state index contributed by atoms with van der Waals surface area (Å²) in [5, 5.41) is 2.45. The molecule has 0 radical (unpaired) electrons. The van der Waals surface area contributed by atoms with E-state index in [0.717, 1.165) is 24.3 Å². The van der Waals surface area contributed by atoms with Crippen molar-refractivity contribution in [3.05, 3.63) is 77.9 Å². The second kappa shape index (κ2) is 12.6. The van der Waals surface area contributed by atoms with Crippen LogP contribution in [0.25, 0.3) is 11.1 Å². The van der Waals surface area contributed by atoms with Crippen LogP contribution in [0.2, 0.25) is 0 Å². The molecule has 14 heteroatoms. The van der Waals surface area contributed by atoms with Gasteiger partial charge in [-0.25, -0.2) is 0 Å². The molecular formula is C29H25F6N3O5. The van der Waals surface area contributed by atoms with Crippen molar-refractivity contribution < 1.29 is 50.2 Å². The molecule has 1 atom stereocenters. The molecule has 0 saturated carbocycles. The molecule has 0 aromatic heterocycles. The lowest BCUT2D eigenvalue weighted by molar-refractivity contribution is -0.274. The van der Waals surface area contributed by atoms with Crippen molar-refractivity contribution in [2.24, 2.45) is 0 Å². The number of alkyl halides is 6. The first-order valence-electron chi connectivity index (χ1n) is 12.8. The Morgan fingerprint density at radius 1 is 0.930 bits per heavy atom. The fourth-order valence-corrected chi connectivity index (χ4v) is 4.58. The van der Waals surface area contributed by atoms with Crippen LogP contribution in [-0.2, 0) is 15.8 Å². The van der Waals surface area contributed by atoms with Crippen LogP contribution in [0.3, 0.4) is 0 Å². The van der Waals surface area contributed by atoms with E-state index in [4.69, 9.17) is 4.74 Å². The second-order valence-electron chi connectivity index (χ2n) is 9.60. The molecule has 3 aromatic carbocycles. The summed E-state index contributed by atoms with van der Waals surface area (Å²) in [5.74, 6) is -1.19. The van der Waals surface area contributed by atoms with Gasteiger partial charge in [-0.15, -0.1) is 13.2 Å². The van der Waals surface area contributed by atoms with Crippen LogP contribution in [-0.4, -0.2) is 66.7 Å².